The van der Waals surface area contributed by atoms with Crippen LogP contribution in [0.4, 0.5) is 0 Å². The highest BCUT2D eigenvalue weighted by Crippen LogP contribution is 2.32. The number of fused-ring (bicyclic) bond motifs is 1. The zero-order valence-corrected chi connectivity index (χ0v) is 12.8. The molecule has 1 aromatic heterocycles. The quantitative estimate of drug-likeness (QED) is 0.678. The number of carbonyl (C=O) groups is 1. The van der Waals surface area contributed by atoms with Crippen LogP contribution in [0.5, 0.6) is 11.5 Å². The predicted octanol–water partition coefficient (Wildman–Crippen LogP) is 2.20. The lowest BCUT2D eigenvalue weighted by molar-refractivity contribution is -0.121. The number of hydrogen-bond acceptors (Lipinski definition) is 5. The third-order valence-corrected chi connectivity index (χ3v) is 3.37. The molecule has 0 unspecified atom stereocenters. The number of ether oxygens (including phenoxy) is 2. The maximum atomic E-state index is 11.8. The number of hydrazone groups is 1. The van der Waals surface area contributed by atoms with Crippen LogP contribution in [-0.4, -0.2) is 23.9 Å². The molecule has 3 rings (SSSR count). The lowest BCUT2D eigenvalue weighted by Crippen LogP contribution is -2.18. The van der Waals surface area contributed by atoms with E-state index in [1.165, 1.54) is 6.21 Å². The molecule has 23 heavy (non-hydrogen) atoms. The maximum Gasteiger partial charge on any atom is 0.240 e. The Morgan fingerprint density at radius 2 is 2.17 bits per heavy atom. The Morgan fingerprint density at radius 1 is 1.30 bits per heavy atom. The van der Waals surface area contributed by atoms with Gasteiger partial charge in [-0.15, -0.1) is 0 Å². The lowest BCUT2D eigenvalue weighted by atomic mass is 10.1. The van der Waals surface area contributed by atoms with Gasteiger partial charge in [-0.05, 0) is 43.2 Å². The molecule has 0 aliphatic carbocycles. The van der Waals surface area contributed by atoms with Gasteiger partial charge in [0.2, 0.25) is 12.7 Å². The standard InChI is InChI=1S/C17H17N3O3/c1-12-3-2-4-14(19-12)10-18-20-17(21)8-6-13-5-7-15-16(9-13)23-11-22-15/h2-5,7,9-10H,6,8,11H2,1H3,(H,20,21). The maximum absolute atomic E-state index is 11.8. The van der Waals surface area contributed by atoms with E-state index < -0.39 is 0 Å². The molecule has 1 N–H and O–H groups in total. The molecular formula is C17H17N3O3. The second-order valence-corrected chi connectivity index (χ2v) is 5.18. The van der Waals surface area contributed by atoms with Crippen molar-refractivity contribution in [3.63, 3.8) is 0 Å². The van der Waals surface area contributed by atoms with E-state index in [0.29, 0.717) is 18.5 Å². The van der Waals surface area contributed by atoms with Crippen LogP contribution >= 0.6 is 0 Å². The van der Waals surface area contributed by atoms with Crippen molar-refractivity contribution < 1.29 is 14.3 Å². The molecule has 1 amide bonds. The van der Waals surface area contributed by atoms with Crippen molar-refractivity contribution in [1.29, 1.82) is 0 Å². The van der Waals surface area contributed by atoms with Crippen molar-refractivity contribution in [2.24, 2.45) is 5.10 Å². The second kappa shape index (κ2) is 6.91. The van der Waals surface area contributed by atoms with Crippen molar-refractivity contribution >= 4 is 12.1 Å². The first-order valence-corrected chi connectivity index (χ1v) is 7.35. The Hall–Kier alpha value is -2.89. The summed E-state index contributed by atoms with van der Waals surface area (Å²) in [5, 5.41) is 3.92. The highest BCUT2D eigenvalue weighted by Gasteiger charge is 2.13. The van der Waals surface area contributed by atoms with Gasteiger partial charge < -0.3 is 9.47 Å². The average molecular weight is 311 g/mol. The van der Waals surface area contributed by atoms with Crippen molar-refractivity contribution in [3.8, 4) is 11.5 Å². The first-order valence-electron chi connectivity index (χ1n) is 7.35. The van der Waals surface area contributed by atoms with Crippen LogP contribution < -0.4 is 14.9 Å². The Bertz CT molecular complexity index is 744. The SMILES string of the molecule is Cc1cccc(C=NNC(=O)CCc2ccc3c(c2)OCO3)n1. The van der Waals surface area contributed by atoms with E-state index in [4.69, 9.17) is 9.47 Å². The summed E-state index contributed by atoms with van der Waals surface area (Å²) in [4.78, 5) is 16.1. The Morgan fingerprint density at radius 3 is 3.04 bits per heavy atom. The molecule has 0 spiro atoms. The van der Waals surface area contributed by atoms with Gasteiger partial charge in [-0.1, -0.05) is 12.1 Å². The fraction of sp³-hybridized carbons (Fsp3) is 0.235. The molecule has 1 aromatic carbocycles. The highest BCUT2D eigenvalue weighted by atomic mass is 16.7. The molecule has 0 radical (unpaired) electrons. The third-order valence-electron chi connectivity index (χ3n) is 3.37. The highest BCUT2D eigenvalue weighted by molar-refractivity contribution is 5.80. The molecule has 1 aliphatic rings. The molecule has 0 fully saturated rings. The summed E-state index contributed by atoms with van der Waals surface area (Å²) in [5.74, 6) is 1.33. The zero-order chi connectivity index (χ0) is 16.1. The Kier molecular flexibility index (Phi) is 4.52. The van der Waals surface area contributed by atoms with Crippen LogP contribution in [0.1, 0.15) is 23.4 Å². The molecule has 0 bridgehead atoms. The zero-order valence-electron chi connectivity index (χ0n) is 12.8. The molecule has 6 heteroatoms. The van der Waals surface area contributed by atoms with Crippen molar-refractivity contribution in [3.05, 3.63) is 53.3 Å². The topological polar surface area (TPSA) is 72.8 Å². The number of benzene rings is 1. The minimum absolute atomic E-state index is 0.147. The summed E-state index contributed by atoms with van der Waals surface area (Å²) >= 11 is 0. The smallest absolute Gasteiger partial charge is 0.240 e. The normalized spacial score (nSPS) is 12.6. The molecule has 0 atom stereocenters. The number of amides is 1. The molecule has 2 aromatic rings. The monoisotopic (exact) mass is 311 g/mol. The number of carbonyl (C=O) groups excluding carboxylic acids is 1. The van der Waals surface area contributed by atoms with Crippen molar-refractivity contribution in [2.75, 3.05) is 6.79 Å². The number of nitrogens with zero attached hydrogens (tertiary/aromatic N) is 2. The number of pyridine rings is 1. The first-order chi connectivity index (χ1) is 11.2. The molecule has 0 saturated carbocycles. The van der Waals surface area contributed by atoms with Crippen LogP contribution in [0.15, 0.2) is 41.5 Å². The molecule has 118 valence electrons. The molecule has 2 heterocycles. The number of rotatable bonds is 5. The van der Waals surface area contributed by atoms with E-state index in [9.17, 15) is 4.79 Å². The molecule has 0 saturated heterocycles. The van der Waals surface area contributed by atoms with Gasteiger partial charge >= 0.3 is 0 Å². The number of aromatic nitrogens is 1. The van der Waals surface area contributed by atoms with E-state index in [-0.39, 0.29) is 12.7 Å². The van der Waals surface area contributed by atoms with Crippen LogP contribution in [-0.2, 0) is 11.2 Å². The number of hydrogen-bond donors (Lipinski definition) is 1. The minimum atomic E-state index is -0.147. The van der Waals surface area contributed by atoms with E-state index in [2.05, 4.69) is 15.5 Å². The van der Waals surface area contributed by atoms with Gasteiger partial charge in [-0.25, -0.2) is 5.43 Å². The molecule has 1 aliphatic heterocycles. The van der Waals surface area contributed by atoms with E-state index in [1.54, 1.807) is 0 Å². The summed E-state index contributed by atoms with van der Waals surface area (Å²) < 4.78 is 10.6. The van der Waals surface area contributed by atoms with Crippen LogP contribution in [0.25, 0.3) is 0 Å². The molecular weight excluding hydrogens is 294 g/mol. The van der Waals surface area contributed by atoms with Gasteiger partial charge in [-0.3, -0.25) is 9.78 Å². The largest absolute Gasteiger partial charge is 0.454 e. The van der Waals surface area contributed by atoms with Crippen molar-refractivity contribution in [1.82, 2.24) is 10.4 Å². The van der Waals surface area contributed by atoms with Gasteiger partial charge in [0.15, 0.2) is 11.5 Å². The van der Waals surface area contributed by atoms with Gasteiger partial charge in [0, 0.05) is 12.1 Å². The van der Waals surface area contributed by atoms with Gasteiger partial charge in [0.1, 0.15) is 0 Å². The third kappa shape index (κ3) is 4.06. The predicted molar refractivity (Wildman–Crippen MR) is 85.6 cm³/mol. The van der Waals surface area contributed by atoms with Crippen LogP contribution in [0, 0.1) is 6.92 Å². The fourth-order valence-corrected chi connectivity index (χ4v) is 2.22. The van der Waals surface area contributed by atoms with Gasteiger partial charge in [0.05, 0.1) is 11.9 Å². The minimum Gasteiger partial charge on any atom is -0.454 e. The number of aryl methyl sites for hydroxylation is 2. The number of nitrogens with one attached hydrogen (secondary N) is 1. The summed E-state index contributed by atoms with van der Waals surface area (Å²) in [6.45, 7) is 2.16. The van der Waals surface area contributed by atoms with Crippen LogP contribution in [0.2, 0.25) is 0 Å². The average Bonchev–Trinajstić information content (AvgIpc) is 3.00. The Balaban J connectivity index is 1.48. The van der Waals surface area contributed by atoms with E-state index in [1.807, 2.05) is 43.3 Å². The van der Waals surface area contributed by atoms with Gasteiger partial charge in [0.25, 0.3) is 0 Å². The summed E-state index contributed by atoms with van der Waals surface area (Å²) in [6, 6.07) is 11.3. The molecule has 6 nitrogen and oxygen atoms in total. The van der Waals surface area contributed by atoms with E-state index >= 15 is 0 Å². The summed E-state index contributed by atoms with van der Waals surface area (Å²) in [6.07, 6.45) is 2.49. The first kappa shape index (κ1) is 15.0. The lowest BCUT2D eigenvalue weighted by Gasteiger charge is -2.02. The van der Waals surface area contributed by atoms with Crippen molar-refractivity contribution in [2.45, 2.75) is 19.8 Å². The van der Waals surface area contributed by atoms with Crippen LogP contribution in [0.3, 0.4) is 0 Å². The Labute approximate surface area is 134 Å². The fourth-order valence-electron chi connectivity index (χ4n) is 2.22. The van der Waals surface area contributed by atoms with E-state index in [0.717, 1.165) is 22.8 Å². The van der Waals surface area contributed by atoms with Gasteiger partial charge in [-0.2, -0.15) is 5.10 Å². The summed E-state index contributed by atoms with van der Waals surface area (Å²) in [5.41, 5.74) is 5.14. The summed E-state index contributed by atoms with van der Waals surface area (Å²) in [7, 11) is 0. The second-order valence-electron chi connectivity index (χ2n) is 5.18.